The maximum absolute atomic E-state index is 12.4. The van der Waals surface area contributed by atoms with E-state index < -0.39 is 0 Å². The Balaban J connectivity index is 0.00000225. The summed E-state index contributed by atoms with van der Waals surface area (Å²) in [6, 6.07) is 5.16. The molecule has 1 saturated heterocycles. The van der Waals surface area contributed by atoms with E-state index in [4.69, 9.17) is 23.2 Å². The van der Waals surface area contributed by atoms with Gasteiger partial charge in [-0.25, -0.2) is 4.68 Å². The van der Waals surface area contributed by atoms with Gasteiger partial charge in [-0.1, -0.05) is 30.1 Å². The molecule has 0 bridgehead atoms. The van der Waals surface area contributed by atoms with Gasteiger partial charge >= 0.3 is 0 Å². The van der Waals surface area contributed by atoms with E-state index in [2.05, 4.69) is 22.7 Å². The summed E-state index contributed by atoms with van der Waals surface area (Å²) >= 11 is 12.1. The lowest BCUT2D eigenvalue weighted by Crippen LogP contribution is -2.42. The Morgan fingerprint density at radius 2 is 2.08 bits per heavy atom. The van der Waals surface area contributed by atoms with Gasteiger partial charge in [0.05, 0.1) is 22.5 Å². The number of nitrogens with one attached hydrogen (secondary N) is 2. The molecule has 1 aromatic carbocycles. The highest BCUT2D eigenvalue weighted by atomic mass is 35.5. The third kappa shape index (κ3) is 4.88. The number of benzene rings is 1. The van der Waals surface area contributed by atoms with Gasteiger partial charge < -0.3 is 10.6 Å². The number of rotatable bonds is 4. The van der Waals surface area contributed by atoms with Gasteiger partial charge in [0.1, 0.15) is 0 Å². The van der Waals surface area contributed by atoms with Gasteiger partial charge in [0.25, 0.3) is 5.91 Å². The van der Waals surface area contributed by atoms with E-state index in [0.717, 1.165) is 25.9 Å². The van der Waals surface area contributed by atoms with Gasteiger partial charge in [0, 0.05) is 17.8 Å². The summed E-state index contributed by atoms with van der Waals surface area (Å²) < 4.78 is 1.58. The third-order valence-electron chi connectivity index (χ3n) is 4.49. The molecule has 0 unspecified atom stereocenters. The minimum atomic E-state index is -0.119. The summed E-state index contributed by atoms with van der Waals surface area (Å²) in [5.74, 6) is -0.119. The first-order valence-corrected chi connectivity index (χ1v) is 8.71. The van der Waals surface area contributed by atoms with Crippen molar-refractivity contribution in [2.45, 2.75) is 19.8 Å². The number of hydrogen-bond acceptors (Lipinski definition) is 3. The molecule has 0 saturated carbocycles. The van der Waals surface area contributed by atoms with E-state index in [1.54, 1.807) is 35.3 Å². The Morgan fingerprint density at radius 1 is 1.36 bits per heavy atom. The molecule has 0 aliphatic carbocycles. The molecular formula is C17H21Cl3N4O. The highest BCUT2D eigenvalue weighted by molar-refractivity contribution is 6.35. The number of halogens is 3. The van der Waals surface area contributed by atoms with Gasteiger partial charge in [-0.3, -0.25) is 4.79 Å². The second kappa shape index (κ2) is 8.41. The van der Waals surface area contributed by atoms with E-state index in [1.165, 1.54) is 0 Å². The summed E-state index contributed by atoms with van der Waals surface area (Å²) in [5.41, 5.74) is 1.35. The van der Waals surface area contributed by atoms with E-state index in [0.29, 0.717) is 27.8 Å². The summed E-state index contributed by atoms with van der Waals surface area (Å²) in [4.78, 5) is 12.4. The highest BCUT2D eigenvalue weighted by Gasteiger charge is 2.27. The minimum Gasteiger partial charge on any atom is -0.351 e. The number of amides is 1. The monoisotopic (exact) mass is 402 g/mol. The SMILES string of the molecule is CC1(CNC(=O)c2cnn(-c3ccc(Cl)cc3Cl)c2)CCNCC1.Cl. The average Bonchev–Trinajstić information content (AvgIpc) is 3.03. The molecule has 0 atom stereocenters. The molecule has 2 N–H and O–H groups in total. The zero-order valence-electron chi connectivity index (χ0n) is 13.9. The van der Waals surface area contributed by atoms with Crippen molar-refractivity contribution in [2.24, 2.45) is 5.41 Å². The molecule has 1 amide bonds. The van der Waals surface area contributed by atoms with E-state index >= 15 is 0 Å². The van der Waals surface area contributed by atoms with Gasteiger partial charge in [-0.05, 0) is 49.5 Å². The molecule has 25 heavy (non-hydrogen) atoms. The number of nitrogens with zero attached hydrogens (tertiary/aromatic N) is 2. The summed E-state index contributed by atoms with van der Waals surface area (Å²) in [6.45, 7) is 4.88. The van der Waals surface area contributed by atoms with Crippen LogP contribution in [0.4, 0.5) is 0 Å². The largest absolute Gasteiger partial charge is 0.351 e. The van der Waals surface area contributed by atoms with Crippen molar-refractivity contribution in [3.05, 3.63) is 46.2 Å². The molecule has 2 aromatic rings. The quantitative estimate of drug-likeness (QED) is 0.818. The second-order valence-corrected chi connectivity index (χ2v) is 7.36. The topological polar surface area (TPSA) is 59.0 Å². The van der Waals surface area contributed by atoms with Crippen LogP contribution in [0.1, 0.15) is 30.1 Å². The molecule has 1 fully saturated rings. The molecule has 5 nitrogen and oxygen atoms in total. The fourth-order valence-corrected chi connectivity index (χ4v) is 3.34. The lowest BCUT2D eigenvalue weighted by Gasteiger charge is -2.34. The van der Waals surface area contributed by atoms with Gasteiger partial charge in [-0.15, -0.1) is 12.4 Å². The van der Waals surface area contributed by atoms with Crippen molar-refractivity contribution >= 4 is 41.5 Å². The predicted molar refractivity (Wildman–Crippen MR) is 103 cm³/mol. The molecule has 0 radical (unpaired) electrons. The Kier molecular flexibility index (Phi) is 6.74. The van der Waals surface area contributed by atoms with Crippen LogP contribution in [-0.2, 0) is 0 Å². The molecule has 1 aliphatic heterocycles. The van der Waals surface area contributed by atoms with Crippen LogP contribution >= 0.6 is 35.6 Å². The summed E-state index contributed by atoms with van der Waals surface area (Å²) in [6.07, 6.45) is 5.35. The van der Waals surface area contributed by atoms with Crippen molar-refractivity contribution in [3.8, 4) is 5.69 Å². The van der Waals surface area contributed by atoms with Crippen molar-refractivity contribution in [3.63, 3.8) is 0 Å². The van der Waals surface area contributed by atoms with Crippen LogP contribution in [0.2, 0.25) is 10.0 Å². The van der Waals surface area contributed by atoms with Crippen LogP contribution in [-0.4, -0.2) is 35.3 Å². The van der Waals surface area contributed by atoms with Gasteiger partial charge in [0.2, 0.25) is 0 Å². The smallest absolute Gasteiger partial charge is 0.254 e. The van der Waals surface area contributed by atoms with E-state index in [-0.39, 0.29) is 23.7 Å². The number of aromatic nitrogens is 2. The first-order chi connectivity index (χ1) is 11.5. The average molecular weight is 404 g/mol. The van der Waals surface area contributed by atoms with Crippen LogP contribution in [0.15, 0.2) is 30.6 Å². The van der Waals surface area contributed by atoms with Crippen molar-refractivity contribution in [2.75, 3.05) is 19.6 Å². The van der Waals surface area contributed by atoms with E-state index in [9.17, 15) is 4.79 Å². The molecule has 136 valence electrons. The zero-order chi connectivity index (χ0) is 17.2. The zero-order valence-corrected chi connectivity index (χ0v) is 16.2. The highest BCUT2D eigenvalue weighted by Crippen LogP contribution is 2.27. The van der Waals surface area contributed by atoms with E-state index in [1.807, 2.05) is 0 Å². The minimum absolute atomic E-state index is 0. The maximum atomic E-state index is 12.4. The van der Waals surface area contributed by atoms with Crippen LogP contribution in [0, 0.1) is 5.41 Å². The van der Waals surface area contributed by atoms with Crippen molar-refractivity contribution in [1.29, 1.82) is 0 Å². The lowest BCUT2D eigenvalue weighted by atomic mass is 9.81. The first kappa shape index (κ1) is 20.0. The molecule has 1 aliphatic rings. The first-order valence-electron chi connectivity index (χ1n) is 7.96. The van der Waals surface area contributed by atoms with Gasteiger partial charge in [0.15, 0.2) is 0 Å². The Hall–Kier alpha value is -1.27. The third-order valence-corrected chi connectivity index (χ3v) is 5.03. The summed E-state index contributed by atoms with van der Waals surface area (Å²) in [5, 5.41) is 11.6. The molecular weight excluding hydrogens is 383 g/mol. The van der Waals surface area contributed by atoms with Crippen molar-refractivity contribution < 1.29 is 4.79 Å². The fourth-order valence-electron chi connectivity index (χ4n) is 2.84. The lowest BCUT2D eigenvalue weighted by molar-refractivity contribution is 0.0922. The standard InChI is InChI=1S/C17H20Cl2N4O.ClH/c1-17(4-6-20-7-5-17)11-21-16(24)12-9-22-23(10-12)15-3-2-13(18)8-14(15)19;/h2-3,8-10,20H,4-7,11H2,1H3,(H,21,24);1H. The molecule has 0 spiro atoms. The predicted octanol–water partition coefficient (Wildman–Crippen LogP) is 3.72. The van der Waals surface area contributed by atoms with Crippen LogP contribution in [0.5, 0.6) is 0 Å². The van der Waals surface area contributed by atoms with Crippen LogP contribution in [0.3, 0.4) is 0 Å². The van der Waals surface area contributed by atoms with Crippen molar-refractivity contribution in [1.82, 2.24) is 20.4 Å². The molecule has 2 heterocycles. The van der Waals surface area contributed by atoms with Gasteiger partial charge in [-0.2, -0.15) is 5.10 Å². The number of hydrogen-bond donors (Lipinski definition) is 2. The number of piperidine rings is 1. The van der Waals surface area contributed by atoms with Crippen LogP contribution in [0.25, 0.3) is 5.69 Å². The Morgan fingerprint density at radius 3 is 2.76 bits per heavy atom. The van der Waals surface area contributed by atoms with Crippen LogP contribution < -0.4 is 10.6 Å². The number of carbonyl (C=O) groups excluding carboxylic acids is 1. The molecule has 3 rings (SSSR count). The maximum Gasteiger partial charge on any atom is 0.254 e. The fraction of sp³-hybridized carbons (Fsp3) is 0.412. The number of carbonyl (C=O) groups is 1. The normalized spacial score (nSPS) is 16.1. The Bertz CT molecular complexity index is 741. The molecule has 8 heteroatoms. The second-order valence-electron chi connectivity index (χ2n) is 6.51. The molecule has 1 aromatic heterocycles. The Labute approximate surface area is 163 Å². The summed E-state index contributed by atoms with van der Waals surface area (Å²) in [7, 11) is 0.